The molecule has 2 rings (SSSR count). The summed E-state index contributed by atoms with van der Waals surface area (Å²) in [6.45, 7) is 5.20. The van der Waals surface area contributed by atoms with Gasteiger partial charge in [0.1, 0.15) is 0 Å². The highest BCUT2D eigenvalue weighted by molar-refractivity contribution is 5.80. The predicted molar refractivity (Wildman–Crippen MR) is 72.7 cm³/mol. The summed E-state index contributed by atoms with van der Waals surface area (Å²) in [4.78, 5) is 25.3. The number of hydrogen-bond acceptors (Lipinski definition) is 2. The number of amides is 1. The third-order valence-electron chi connectivity index (χ3n) is 4.62. The van der Waals surface area contributed by atoms with Gasteiger partial charge in [0.05, 0.1) is 6.42 Å². The van der Waals surface area contributed by atoms with Gasteiger partial charge in [-0.1, -0.05) is 20.3 Å². The standard InChI is InChI=1S/C15H25NO3/c1-15(2)7-3-5-11(10-15)14(19)16-8-4-6-12(16)9-13(17)18/h11-12H,3-10H2,1-2H3,(H,17,18). The van der Waals surface area contributed by atoms with Gasteiger partial charge in [0.25, 0.3) is 0 Å². The Morgan fingerprint density at radius 1 is 1.26 bits per heavy atom. The van der Waals surface area contributed by atoms with Crippen LogP contribution in [-0.2, 0) is 9.59 Å². The Labute approximate surface area is 115 Å². The first-order valence-corrected chi connectivity index (χ1v) is 7.41. The van der Waals surface area contributed by atoms with Crippen LogP contribution in [0.5, 0.6) is 0 Å². The highest BCUT2D eigenvalue weighted by atomic mass is 16.4. The van der Waals surface area contributed by atoms with Crippen LogP contribution in [-0.4, -0.2) is 34.5 Å². The Bertz CT molecular complexity index is 364. The normalized spacial score (nSPS) is 30.3. The first-order chi connectivity index (χ1) is 8.89. The minimum Gasteiger partial charge on any atom is -0.481 e. The monoisotopic (exact) mass is 267 g/mol. The molecule has 2 aliphatic rings. The molecule has 0 bridgehead atoms. The summed E-state index contributed by atoms with van der Waals surface area (Å²) in [6.07, 6.45) is 6.10. The smallest absolute Gasteiger partial charge is 0.305 e. The molecule has 0 radical (unpaired) electrons. The van der Waals surface area contributed by atoms with Crippen molar-refractivity contribution in [3.63, 3.8) is 0 Å². The van der Waals surface area contributed by atoms with Crippen molar-refractivity contribution in [1.29, 1.82) is 0 Å². The van der Waals surface area contributed by atoms with Gasteiger partial charge in [-0.15, -0.1) is 0 Å². The van der Waals surface area contributed by atoms with Crippen molar-refractivity contribution in [2.24, 2.45) is 11.3 Å². The molecule has 1 saturated carbocycles. The summed E-state index contributed by atoms with van der Waals surface area (Å²) >= 11 is 0. The van der Waals surface area contributed by atoms with Gasteiger partial charge in [0.2, 0.25) is 5.91 Å². The second kappa shape index (κ2) is 5.51. The van der Waals surface area contributed by atoms with Crippen LogP contribution in [0.15, 0.2) is 0 Å². The van der Waals surface area contributed by atoms with E-state index in [9.17, 15) is 9.59 Å². The molecule has 2 unspecified atom stereocenters. The quantitative estimate of drug-likeness (QED) is 0.855. The number of aliphatic carboxylic acids is 1. The Balaban J connectivity index is 2.00. The minimum atomic E-state index is -0.798. The van der Waals surface area contributed by atoms with Crippen LogP contribution in [0.2, 0.25) is 0 Å². The largest absolute Gasteiger partial charge is 0.481 e. The van der Waals surface area contributed by atoms with E-state index in [1.165, 1.54) is 6.42 Å². The molecule has 0 aromatic carbocycles. The Kier molecular flexibility index (Phi) is 4.16. The van der Waals surface area contributed by atoms with E-state index in [2.05, 4.69) is 13.8 Å². The van der Waals surface area contributed by atoms with E-state index in [0.717, 1.165) is 38.6 Å². The summed E-state index contributed by atoms with van der Waals surface area (Å²) in [6, 6.07) is -0.0740. The van der Waals surface area contributed by atoms with Crippen molar-refractivity contribution >= 4 is 11.9 Å². The summed E-state index contributed by atoms with van der Waals surface area (Å²) in [5.41, 5.74) is 0.251. The molecule has 0 aromatic heterocycles. The third kappa shape index (κ3) is 3.48. The van der Waals surface area contributed by atoms with Crippen molar-refractivity contribution in [2.45, 2.75) is 64.8 Å². The predicted octanol–water partition coefficient (Wildman–Crippen LogP) is 2.67. The summed E-state index contributed by atoms with van der Waals surface area (Å²) in [5.74, 6) is -0.483. The van der Waals surface area contributed by atoms with Crippen molar-refractivity contribution in [1.82, 2.24) is 4.90 Å². The van der Waals surface area contributed by atoms with Gasteiger partial charge in [-0.3, -0.25) is 9.59 Å². The molecule has 0 spiro atoms. The van der Waals surface area contributed by atoms with Crippen molar-refractivity contribution in [3.8, 4) is 0 Å². The lowest BCUT2D eigenvalue weighted by molar-refractivity contribution is -0.142. The third-order valence-corrected chi connectivity index (χ3v) is 4.62. The second-order valence-electron chi connectivity index (χ2n) is 6.88. The molecular weight excluding hydrogens is 242 g/mol. The maximum Gasteiger partial charge on any atom is 0.305 e. The fourth-order valence-electron chi connectivity index (χ4n) is 3.68. The number of hydrogen-bond donors (Lipinski definition) is 1. The SMILES string of the molecule is CC1(C)CCCC(C(=O)N2CCCC2CC(=O)O)C1. The molecule has 4 nitrogen and oxygen atoms in total. The molecule has 4 heteroatoms. The fraction of sp³-hybridized carbons (Fsp3) is 0.867. The summed E-state index contributed by atoms with van der Waals surface area (Å²) in [5, 5.41) is 8.93. The Morgan fingerprint density at radius 2 is 2.00 bits per heavy atom. The number of carbonyl (C=O) groups is 2. The first kappa shape index (κ1) is 14.4. The number of carbonyl (C=O) groups excluding carboxylic acids is 1. The number of rotatable bonds is 3. The lowest BCUT2D eigenvalue weighted by Gasteiger charge is -2.37. The van der Waals surface area contributed by atoms with E-state index in [1.807, 2.05) is 4.90 Å². The van der Waals surface area contributed by atoms with Crippen molar-refractivity contribution < 1.29 is 14.7 Å². The van der Waals surface area contributed by atoms with Gasteiger partial charge in [-0.05, 0) is 37.5 Å². The Morgan fingerprint density at radius 3 is 2.63 bits per heavy atom. The van der Waals surface area contributed by atoms with Crippen molar-refractivity contribution in [3.05, 3.63) is 0 Å². The molecule has 1 amide bonds. The van der Waals surface area contributed by atoms with Gasteiger partial charge in [0, 0.05) is 18.5 Å². The zero-order chi connectivity index (χ0) is 14.0. The van der Waals surface area contributed by atoms with Gasteiger partial charge in [-0.25, -0.2) is 0 Å². The van der Waals surface area contributed by atoms with E-state index in [4.69, 9.17) is 5.11 Å². The van der Waals surface area contributed by atoms with E-state index < -0.39 is 5.97 Å². The average molecular weight is 267 g/mol. The molecule has 1 aliphatic heterocycles. The molecule has 1 heterocycles. The summed E-state index contributed by atoms with van der Waals surface area (Å²) < 4.78 is 0. The minimum absolute atomic E-state index is 0.0740. The second-order valence-corrected chi connectivity index (χ2v) is 6.88. The molecule has 0 aromatic rings. The van der Waals surface area contributed by atoms with Gasteiger partial charge in [0.15, 0.2) is 0 Å². The van der Waals surface area contributed by atoms with Crippen LogP contribution in [0.4, 0.5) is 0 Å². The molecule has 2 fully saturated rings. The highest BCUT2D eigenvalue weighted by Crippen LogP contribution is 2.40. The molecule has 108 valence electrons. The number of nitrogens with zero attached hydrogens (tertiary/aromatic N) is 1. The van der Waals surface area contributed by atoms with Crippen LogP contribution < -0.4 is 0 Å². The van der Waals surface area contributed by atoms with Crippen molar-refractivity contribution in [2.75, 3.05) is 6.54 Å². The first-order valence-electron chi connectivity index (χ1n) is 7.41. The number of carboxylic acids is 1. The zero-order valence-electron chi connectivity index (χ0n) is 12.0. The maximum absolute atomic E-state index is 12.6. The molecular formula is C15H25NO3. The molecule has 1 aliphatic carbocycles. The Hall–Kier alpha value is -1.06. The van der Waals surface area contributed by atoms with E-state index in [-0.39, 0.29) is 29.7 Å². The maximum atomic E-state index is 12.6. The molecule has 19 heavy (non-hydrogen) atoms. The lowest BCUT2D eigenvalue weighted by atomic mass is 9.72. The van der Waals surface area contributed by atoms with E-state index in [0.29, 0.717) is 0 Å². The van der Waals surface area contributed by atoms with Gasteiger partial charge in [-0.2, -0.15) is 0 Å². The van der Waals surface area contributed by atoms with Gasteiger partial charge >= 0.3 is 5.97 Å². The molecule has 1 saturated heterocycles. The van der Waals surface area contributed by atoms with E-state index in [1.54, 1.807) is 0 Å². The average Bonchev–Trinajstić information content (AvgIpc) is 2.74. The van der Waals surface area contributed by atoms with Crippen LogP contribution in [0.25, 0.3) is 0 Å². The van der Waals surface area contributed by atoms with Crippen LogP contribution in [0, 0.1) is 11.3 Å². The van der Waals surface area contributed by atoms with E-state index >= 15 is 0 Å². The zero-order valence-corrected chi connectivity index (χ0v) is 12.0. The van der Waals surface area contributed by atoms with Gasteiger partial charge < -0.3 is 10.0 Å². The molecule has 2 atom stereocenters. The summed E-state index contributed by atoms with van der Waals surface area (Å²) in [7, 11) is 0. The number of carboxylic acid groups (broad SMARTS) is 1. The topological polar surface area (TPSA) is 57.6 Å². The number of likely N-dealkylation sites (tertiary alicyclic amines) is 1. The van der Waals surface area contributed by atoms with Crippen LogP contribution in [0.1, 0.15) is 58.8 Å². The fourth-order valence-corrected chi connectivity index (χ4v) is 3.68. The highest BCUT2D eigenvalue weighted by Gasteiger charge is 2.38. The van der Waals surface area contributed by atoms with Crippen LogP contribution >= 0.6 is 0 Å². The molecule has 1 N–H and O–H groups in total. The lowest BCUT2D eigenvalue weighted by Crippen LogP contribution is -2.42. The van der Waals surface area contributed by atoms with Crippen LogP contribution in [0.3, 0.4) is 0 Å².